The highest BCUT2D eigenvalue weighted by Crippen LogP contribution is 2.34. The predicted octanol–water partition coefficient (Wildman–Crippen LogP) is 3.45. The third-order valence-electron chi connectivity index (χ3n) is 4.38. The van der Waals surface area contributed by atoms with Crippen molar-refractivity contribution in [2.75, 3.05) is 20.2 Å². The van der Waals surface area contributed by atoms with Gasteiger partial charge < -0.3 is 19.2 Å². The van der Waals surface area contributed by atoms with Gasteiger partial charge in [0.25, 0.3) is 0 Å². The number of piperidine rings is 1. The fraction of sp³-hybridized carbons (Fsp3) is 0.579. The summed E-state index contributed by atoms with van der Waals surface area (Å²) in [6.45, 7) is 6.66. The van der Waals surface area contributed by atoms with Gasteiger partial charge >= 0.3 is 6.09 Å². The van der Waals surface area contributed by atoms with Crippen molar-refractivity contribution >= 4 is 12.4 Å². The lowest BCUT2D eigenvalue weighted by molar-refractivity contribution is -0.118. The van der Waals surface area contributed by atoms with Gasteiger partial charge in [-0.05, 0) is 57.7 Å². The highest BCUT2D eigenvalue weighted by atomic mass is 16.6. The molecule has 24 heavy (non-hydrogen) atoms. The van der Waals surface area contributed by atoms with Crippen molar-refractivity contribution in [1.29, 1.82) is 0 Å². The summed E-state index contributed by atoms with van der Waals surface area (Å²) < 4.78 is 10.6. The number of benzene rings is 1. The van der Waals surface area contributed by atoms with Crippen molar-refractivity contribution in [2.24, 2.45) is 5.41 Å². The Morgan fingerprint density at radius 3 is 2.25 bits per heavy atom. The molecule has 1 fully saturated rings. The van der Waals surface area contributed by atoms with Gasteiger partial charge in [-0.3, -0.25) is 0 Å². The first kappa shape index (κ1) is 18.3. The zero-order valence-corrected chi connectivity index (χ0v) is 15.0. The van der Waals surface area contributed by atoms with Crippen molar-refractivity contribution in [3.8, 4) is 5.75 Å². The number of likely N-dealkylation sites (tertiary alicyclic amines) is 1. The summed E-state index contributed by atoms with van der Waals surface area (Å²) in [6, 6.07) is 7.79. The summed E-state index contributed by atoms with van der Waals surface area (Å²) in [7, 11) is 1.63. The Morgan fingerprint density at radius 1 is 1.21 bits per heavy atom. The second kappa shape index (κ2) is 7.24. The minimum Gasteiger partial charge on any atom is -0.497 e. The molecule has 1 saturated heterocycles. The van der Waals surface area contributed by atoms with E-state index in [9.17, 15) is 9.59 Å². The SMILES string of the molecule is COc1ccc(CC2(C=O)CCN(C(=O)OC(C)(C)C)CC2)cc1. The highest BCUT2D eigenvalue weighted by molar-refractivity contribution is 5.69. The molecule has 2 rings (SSSR count). The predicted molar refractivity (Wildman–Crippen MR) is 92.2 cm³/mol. The van der Waals surface area contributed by atoms with E-state index in [-0.39, 0.29) is 6.09 Å². The largest absolute Gasteiger partial charge is 0.497 e. The van der Waals surface area contributed by atoms with Crippen LogP contribution in [0.5, 0.6) is 5.75 Å². The van der Waals surface area contributed by atoms with Gasteiger partial charge in [-0.25, -0.2) is 4.79 Å². The molecule has 0 saturated carbocycles. The fourth-order valence-electron chi connectivity index (χ4n) is 2.95. The van der Waals surface area contributed by atoms with Gasteiger partial charge in [0.1, 0.15) is 17.6 Å². The first-order valence-corrected chi connectivity index (χ1v) is 8.34. The zero-order valence-electron chi connectivity index (χ0n) is 15.0. The molecule has 0 unspecified atom stereocenters. The zero-order chi connectivity index (χ0) is 17.8. The van der Waals surface area contributed by atoms with Crippen LogP contribution in [0.1, 0.15) is 39.2 Å². The quantitative estimate of drug-likeness (QED) is 0.792. The molecule has 0 N–H and O–H groups in total. The van der Waals surface area contributed by atoms with E-state index in [1.165, 1.54) is 0 Å². The third kappa shape index (κ3) is 4.73. The Morgan fingerprint density at radius 2 is 1.79 bits per heavy atom. The number of hydrogen-bond acceptors (Lipinski definition) is 4. The van der Waals surface area contributed by atoms with Crippen LogP contribution in [-0.2, 0) is 16.0 Å². The molecule has 1 aromatic carbocycles. The number of carbonyl (C=O) groups is 2. The molecule has 1 amide bonds. The number of carbonyl (C=O) groups excluding carboxylic acids is 2. The van der Waals surface area contributed by atoms with Crippen LogP contribution in [0.4, 0.5) is 4.79 Å². The maximum Gasteiger partial charge on any atom is 0.410 e. The molecule has 5 nitrogen and oxygen atoms in total. The molecule has 1 heterocycles. The molecule has 0 spiro atoms. The maximum atomic E-state index is 12.1. The maximum absolute atomic E-state index is 12.1. The fourth-order valence-corrected chi connectivity index (χ4v) is 2.95. The van der Waals surface area contributed by atoms with E-state index in [1.54, 1.807) is 12.0 Å². The van der Waals surface area contributed by atoms with E-state index in [0.29, 0.717) is 32.4 Å². The average molecular weight is 333 g/mol. The standard InChI is InChI=1S/C19H27NO4/c1-18(2,3)24-17(22)20-11-9-19(14-21,10-12-20)13-15-5-7-16(23-4)8-6-15/h5-8,14H,9-13H2,1-4H3. The molecular formula is C19H27NO4. The molecule has 0 radical (unpaired) electrons. The summed E-state index contributed by atoms with van der Waals surface area (Å²) in [5.41, 5.74) is 0.195. The van der Waals surface area contributed by atoms with Crippen LogP contribution in [0.2, 0.25) is 0 Å². The topological polar surface area (TPSA) is 55.8 Å². The van der Waals surface area contributed by atoms with E-state index < -0.39 is 11.0 Å². The molecule has 1 aromatic rings. The van der Waals surface area contributed by atoms with Crippen LogP contribution in [0.3, 0.4) is 0 Å². The van der Waals surface area contributed by atoms with E-state index in [1.807, 2.05) is 45.0 Å². The van der Waals surface area contributed by atoms with E-state index in [4.69, 9.17) is 9.47 Å². The summed E-state index contributed by atoms with van der Waals surface area (Å²) in [5.74, 6) is 0.804. The van der Waals surface area contributed by atoms with Gasteiger partial charge in [0.15, 0.2) is 0 Å². The van der Waals surface area contributed by atoms with Gasteiger partial charge in [0, 0.05) is 18.5 Å². The van der Waals surface area contributed by atoms with Crippen LogP contribution in [-0.4, -0.2) is 43.1 Å². The summed E-state index contributed by atoms with van der Waals surface area (Å²) in [5, 5.41) is 0. The van der Waals surface area contributed by atoms with Crippen LogP contribution in [0, 0.1) is 5.41 Å². The molecule has 132 valence electrons. The summed E-state index contributed by atoms with van der Waals surface area (Å²) in [4.78, 5) is 25.6. The lowest BCUT2D eigenvalue weighted by atomic mass is 9.75. The normalized spacial score (nSPS) is 17.2. The second-order valence-electron chi connectivity index (χ2n) is 7.47. The number of methoxy groups -OCH3 is 1. The molecule has 0 aliphatic carbocycles. The number of nitrogens with zero attached hydrogens (tertiary/aromatic N) is 1. The summed E-state index contributed by atoms with van der Waals surface area (Å²) >= 11 is 0. The molecular weight excluding hydrogens is 306 g/mol. The van der Waals surface area contributed by atoms with Gasteiger partial charge in [-0.2, -0.15) is 0 Å². The van der Waals surface area contributed by atoms with Crippen molar-refractivity contribution < 1.29 is 19.1 Å². The minimum atomic E-state index is -0.501. The smallest absolute Gasteiger partial charge is 0.410 e. The van der Waals surface area contributed by atoms with Gasteiger partial charge in [-0.1, -0.05) is 12.1 Å². The number of rotatable bonds is 4. The first-order chi connectivity index (χ1) is 11.3. The number of aldehydes is 1. The molecule has 0 bridgehead atoms. The Bertz CT molecular complexity index is 566. The Balaban J connectivity index is 1.97. The van der Waals surface area contributed by atoms with Gasteiger partial charge in [0.05, 0.1) is 7.11 Å². The van der Waals surface area contributed by atoms with Crippen LogP contribution < -0.4 is 4.74 Å². The van der Waals surface area contributed by atoms with Crippen LogP contribution in [0.15, 0.2) is 24.3 Å². The van der Waals surface area contributed by atoms with Crippen LogP contribution >= 0.6 is 0 Å². The third-order valence-corrected chi connectivity index (χ3v) is 4.38. The molecule has 5 heteroatoms. The Hall–Kier alpha value is -2.04. The van der Waals surface area contributed by atoms with Gasteiger partial charge in [-0.15, -0.1) is 0 Å². The molecule has 0 atom stereocenters. The van der Waals surface area contributed by atoms with E-state index in [0.717, 1.165) is 17.6 Å². The lowest BCUT2D eigenvalue weighted by Gasteiger charge is -2.38. The highest BCUT2D eigenvalue weighted by Gasteiger charge is 2.37. The number of amides is 1. The number of hydrogen-bond donors (Lipinski definition) is 0. The van der Waals surface area contributed by atoms with E-state index >= 15 is 0 Å². The van der Waals surface area contributed by atoms with Gasteiger partial charge in [0.2, 0.25) is 0 Å². The van der Waals surface area contributed by atoms with Crippen molar-refractivity contribution in [1.82, 2.24) is 4.90 Å². The minimum absolute atomic E-state index is 0.300. The molecule has 0 aromatic heterocycles. The summed E-state index contributed by atoms with van der Waals surface area (Å²) in [6.07, 6.45) is 2.75. The first-order valence-electron chi connectivity index (χ1n) is 8.34. The lowest BCUT2D eigenvalue weighted by Crippen LogP contribution is -2.46. The van der Waals surface area contributed by atoms with Crippen molar-refractivity contribution in [3.63, 3.8) is 0 Å². The van der Waals surface area contributed by atoms with Crippen LogP contribution in [0.25, 0.3) is 0 Å². The Labute approximate surface area is 143 Å². The average Bonchev–Trinajstić information content (AvgIpc) is 2.54. The van der Waals surface area contributed by atoms with E-state index in [2.05, 4.69) is 0 Å². The molecule has 1 aliphatic rings. The van der Waals surface area contributed by atoms with Crippen molar-refractivity contribution in [2.45, 2.75) is 45.6 Å². The molecule has 1 aliphatic heterocycles. The number of ether oxygens (including phenoxy) is 2. The monoisotopic (exact) mass is 333 g/mol. The van der Waals surface area contributed by atoms with Crippen molar-refractivity contribution in [3.05, 3.63) is 29.8 Å². The second-order valence-corrected chi connectivity index (χ2v) is 7.47. The Kier molecular flexibility index (Phi) is 5.52.